The second-order valence-corrected chi connectivity index (χ2v) is 4.70. The van der Waals surface area contributed by atoms with Gasteiger partial charge >= 0.3 is 0 Å². The first-order valence-corrected chi connectivity index (χ1v) is 6.22. The molecule has 0 heterocycles. The van der Waals surface area contributed by atoms with Crippen molar-refractivity contribution < 1.29 is 8.42 Å². The van der Waals surface area contributed by atoms with Gasteiger partial charge in [0, 0.05) is 14.3 Å². The minimum Gasteiger partial charge on any atom is -0.216 e. The summed E-state index contributed by atoms with van der Waals surface area (Å²) in [4.78, 5) is 2.90. The Morgan fingerprint density at radius 1 is 1.43 bits per heavy atom. The van der Waals surface area contributed by atoms with Crippen LogP contribution in [0.3, 0.4) is 0 Å². The van der Waals surface area contributed by atoms with Gasteiger partial charge in [-0.25, -0.2) is 8.42 Å². The molecule has 0 aliphatic heterocycles. The highest BCUT2D eigenvalue weighted by Crippen LogP contribution is 2.25. The van der Waals surface area contributed by atoms with Crippen LogP contribution in [0.25, 0.3) is 10.4 Å². The Balaban J connectivity index is 3.39. The van der Waals surface area contributed by atoms with Crippen LogP contribution >= 0.6 is 11.8 Å². The SMILES string of the molecule is CSc1ccccc1S(=O)(=O)N=[N+]=[N-]. The number of thioether (sulfide) groups is 1. The van der Waals surface area contributed by atoms with Crippen molar-refractivity contribution in [2.45, 2.75) is 9.79 Å². The highest BCUT2D eigenvalue weighted by Gasteiger charge is 2.15. The molecule has 1 aromatic rings. The van der Waals surface area contributed by atoms with Crippen molar-refractivity contribution in [2.24, 2.45) is 4.52 Å². The first-order chi connectivity index (χ1) is 6.61. The molecule has 0 saturated heterocycles. The predicted molar refractivity (Wildman–Crippen MR) is 54.6 cm³/mol. The van der Waals surface area contributed by atoms with E-state index < -0.39 is 10.0 Å². The van der Waals surface area contributed by atoms with Crippen LogP contribution in [-0.4, -0.2) is 14.7 Å². The maximum absolute atomic E-state index is 11.4. The van der Waals surface area contributed by atoms with Crippen molar-refractivity contribution in [3.8, 4) is 0 Å². The average molecular weight is 229 g/mol. The van der Waals surface area contributed by atoms with Gasteiger partial charge < -0.3 is 0 Å². The highest BCUT2D eigenvalue weighted by atomic mass is 32.2. The van der Waals surface area contributed by atoms with Gasteiger partial charge in [-0.2, -0.15) is 0 Å². The molecule has 0 aliphatic carbocycles. The van der Waals surface area contributed by atoms with Gasteiger partial charge in [0.1, 0.15) is 0 Å². The molecule has 0 radical (unpaired) electrons. The van der Waals surface area contributed by atoms with Gasteiger partial charge in [-0.15, -0.1) is 11.8 Å². The Hall–Kier alpha value is -1.17. The second kappa shape index (κ2) is 4.36. The topological polar surface area (TPSA) is 82.9 Å². The third kappa shape index (κ3) is 2.20. The molecule has 1 aromatic carbocycles. The zero-order chi connectivity index (χ0) is 10.6. The minimum atomic E-state index is -3.87. The normalized spacial score (nSPS) is 10.6. The number of hydrogen-bond acceptors (Lipinski definition) is 3. The zero-order valence-electron chi connectivity index (χ0n) is 7.28. The lowest BCUT2D eigenvalue weighted by atomic mass is 10.4. The third-order valence-corrected chi connectivity index (χ3v) is 3.62. The van der Waals surface area contributed by atoms with Gasteiger partial charge in [0.05, 0.1) is 4.90 Å². The Kier molecular flexibility index (Phi) is 3.40. The molecular weight excluding hydrogens is 222 g/mol. The molecule has 0 spiro atoms. The monoisotopic (exact) mass is 229 g/mol. The Bertz CT molecular complexity index is 477. The van der Waals surface area contributed by atoms with E-state index >= 15 is 0 Å². The van der Waals surface area contributed by atoms with Gasteiger partial charge in [0.15, 0.2) is 0 Å². The molecule has 1 rings (SSSR count). The molecule has 0 saturated carbocycles. The summed E-state index contributed by atoms with van der Waals surface area (Å²) < 4.78 is 25.5. The number of sulfonamides is 1. The molecule has 0 bridgehead atoms. The molecule has 0 atom stereocenters. The van der Waals surface area contributed by atoms with Crippen LogP contribution in [0.5, 0.6) is 0 Å². The summed E-state index contributed by atoms with van der Waals surface area (Å²) in [6, 6.07) is 6.38. The summed E-state index contributed by atoms with van der Waals surface area (Å²) in [6.45, 7) is 0. The van der Waals surface area contributed by atoms with E-state index in [2.05, 4.69) is 9.43 Å². The fraction of sp³-hybridized carbons (Fsp3) is 0.143. The van der Waals surface area contributed by atoms with Crippen LogP contribution in [0.4, 0.5) is 0 Å². The third-order valence-electron chi connectivity index (χ3n) is 1.49. The lowest BCUT2D eigenvalue weighted by Crippen LogP contribution is -1.96. The molecule has 7 heteroatoms. The molecule has 5 nitrogen and oxygen atoms in total. The van der Waals surface area contributed by atoms with Gasteiger partial charge in [0.2, 0.25) is 0 Å². The average Bonchev–Trinajstić information content (AvgIpc) is 2.18. The zero-order valence-corrected chi connectivity index (χ0v) is 8.92. The number of nitrogens with zero attached hydrogens (tertiary/aromatic N) is 3. The van der Waals surface area contributed by atoms with E-state index in [1.165, 1.54) is 17.8 Å². The quantitative estimate of drug-likeness (QED) is 0.345. The molecule has 14 heavy (non-hydrogen) atoms. The van der Waals surface area contributed by atoms with Gasteiger partial charge in [0.25, 0.3) is 10.0 Å². The standard InChI is InChI=1S/C7H7N3O2S2/c1-13-6-4-2-3-5-7(6)14(11,12)10-9-8/h2-5H,1H3. The first kappa shape index (κ1) is 10.9. The second-order valence-electron chi connectivity index (χ2n) is 2.30. The first-order valence-electron chi connectivity index (χ1n) is 3.56. The predicted octanol–water partition coefficient (Wildman–Crippen LogP) is 2.41. The molecule has 0 aromatic heterocycles. The summed E-state index contributed by atoms with van der Waals surface area (Å²) in [5.74, 6) is 0. The lowest BCUT2D eigenvalue weighted by Gasteiger charge is -2.02. The maximum Gasteiger partial charge on any atom is 0.265 e. The molecule has 0 N–H and O–H groups in total. The number of rotatable bonds is 3. The van der Waals surface area contributed by atoms with E-state index in [-0.39, 0.29) is 4.90 Å². The largest absolute Gasteiger partial charge is 0.265 e. The summed E-state index contributed by atoms with van der Waals surface area (Å²) in [7, 11) is -3.87. The fourth-order valence-electron chi connectivity index (χ4n) is 0.924. The van der Waals surface area contributed by atoms with E-state index in [9.17, 15) is 8.42 Å². The summed E-state index contributed by atoms with van der Waals surface area (Å²) in [5.41, 5.74) is 8.10. The van der Waals surface area contributed by atoms with E-state index in [4.69, 9.17) is 5.53 Å². The van der Waals surface area contributed by atoms with E-state index in [1.807, 2.05) is 0 Å². The molecule has 0 unspecified atom stereocenters. The van der Waals surface area contributed by atoms with Crippen molar-refractivity contribution >= 4 is 21.8 Å². The summed E-state index contributed by atoms with van der Waals surface area (Å²) in [5, 5.41) is 0. The van der Waals surface area contributed by atoms with Crippen LogP contribution in [-0.2, 0) is 10.0 Å². The van der Waals surface area contributed by atoms with Crippen LogP contribution in [0.2, 0.25) is 0 Å². The molecule has 0 fully saturated rings. The maximum atomic E-state index is 11.4. The molecule has 0 amide bonds. The summed E-state index contributed by atoms with van der Waals surface area (Å²) in [6.07, 6.45) is 1.75. The van der Waals surface area contributed by atoms with Crippen molar-refractivity contribution in [3.05, 3.63) is 34.7 Å². The van der Waals surface area contributed by atoms with Crippen LogP contribution < -0.4 is 0 Å². The number of azide groups is 1. The van der Waals surface area contributed by atoms with Crippen molar-refractivity contribution in [1.29, 1.82) is 0 Å². The van der Waals surface area contributed by atoms with Gasteiger partial charge in [-0.05, 0) is 23.9 Å². The van der Waals surface area contributed by atoms with E-state index in [0.717, 1.165) is 0 Å². The van der Waals surface area contributed by atoms with Crippen molar-refractivity contribution in [3.63, 3.8) is 0 Å². The molecule has 0 aliphatic rings. The Labute approximate surface area is 85.8 Å². The van der Waals surface area contributed by atoms with Gasteiger partial charge in [-0.3, -0.25) is 0 Å². The summed E-state index contributed by atoms with van der Waals surface area (Å²) >= 11 is 1.29. The van der Waals surface area contributed by atoms with Crippen molar-refractivity contribution in [1.82, 2.24) is 0 Å². The van der Waals surface area contributed by atoms with Crippen LogP contribution in [0.1, 0.15) is 0 Å². The number of benzene rings is 1. The Morgan fingerprint density at radius 3 is 2.64 bits per heavy atom. The highest BCUT2D eigenvalue weighted by molar-refractivity contribution is 7.99. The fourth-order valence-corrected chi connectivity index (χ4v) is 2.73. The molecular formula is C7H7N3O2S2. The van der Waals surface area contributed by atoms with Crippen molar-refractivity contribution in [2.75, 3.05) is 6.26 Å². The minimum absolute atomic E-state index is 0.0466. The lowest BCUT2D eigenvalue weighted by molar-refractivity contribution is 0.595. The smallest absolute Gasteiger partial charge is 0.216 e. The Morgan fingerprint density at radius 2 is 2.07 bits per heavy atom. The molecule has 74 valence electrons. The van der Waals surface area contributed by atoms with Crippen LogP contribution in [0, 0.1) is 0 Å². The number of hydrogen-bond donors (Lipinski definition) is 0. The van der Waals surface area contributed by atoms with Crippen LogP contribution in [0.15, 0.2) is 38.6 Å². The van der Waals surface area contributed by atoms with E-state index in [0.29, 0.717) is 4.90 Å². The van der Waals surface area contributed by atoms with E-state index in [1.54, 1.807) is 24.5 Å². The van der Waals surface area contributed by atoms with Gasteiger partial charge in [-0.1, -0.05) is 12.1 Å².